The largest absolute Gasteiger partial charge is 2.00 e. The summed E-state index contributed by atoms with van der Waals surface area (Å²) in [6, 6.07) is 28.2. The zero-order chi connectivity index (χ0) is 29.2. The van der Waals surface area contributed by atoms with Crippen molar-refractivity contribution in [1.82, 2.24) is 39.9 Å². The molecule has 0 spiro atoms. The molecule has 7 aromatic rings. The van der Waals surface area contributed by atoms with Crippen LogP contribution in [-0.4, -0.2) is 29.9 Å². The van der Waals surface area contributed by atoms with Crippen molar-refractivity contribution < 1.29 is 24.2 Å². The molecule has 4 aliphatic rings. The van der Waals surface area contributed by atoms with Gasteiger partial charge in [-0.25, -0.2) is 9.97 Å². The van der Waals surface area contributed by atoms with Gasteiger partial charge in [-0.15, -0.1) is 0 Å². The van der Waals surface area contributed by atoms with Gasteiger partial charge < -0.3 is 34.6 Å². The van der Waals surface area contributed by atoms with Gasteiger partial charge in [-0.1, -0.05) is 84.9 Å². The van der Waals surface area contributed by atoms with Crippen LogP contribution in [0.15, 0.2) is 97.1 Å². The monoisotopic (exact) mass is 642 g/mol. The summed E-state index contributed by atoms with van der Waals surface area (Å²) >= 11 is 0. The van der Waals surface area contributed by atoms with Gasteiger partial charge in [0.15, 0.2) is 0 Å². The fraction of sp³-hybridized carbons (Fsp3) is 0.0556. The maximum absolute atomic E-state index is 6.17. The Morgan fingerprint density at radius 3 is 1.17 bits per heavy atom. The average molecular weight is 644 g/mol. The first-order chi connectivity index (χ1) is 22.2. The smallest absolute Gasteiger partial charge is 0.357 e. The molecule has 0 fully saturated rings. The Hall–Kier alpha value is -5.44. The van der Waals surface area contributed by atoms with Crippen molar-refractivity contribution in [3.8, 4) is 45.6 Å². The van der Waals surface area contributed by atoms with Crippen LogP contribution in [0.5, 0.6) is 0 Å². The molecule has 9 nitrogen and oxygen atoms in total. The Balaban J connectivity index is 0.00000275. The van der Waals surface area contributed by atoms with E-state index < -0.39 is 0 Å². The van der Waals surface area contributed by atoms with Crippen LogP contribution in [0.4, 0.5) is 0 Å². The third kappa shape index (κ3) is 3.51. The van der Waals surface area contributed by atoms with Gasteiger partial charge in [0.25, 0.3) is 0 Å². The summed E-state index contributed by atoms with van der Waals surface area (Å²) < 4.78 is 6.17. The molecule has 3 aromatic heterocycles. The zero-order valence-electron chi connectivity index (χ0n) is 24.1. The summed E-state index contributed by atoms with van der Waals surface area (Å²) in [6.45, 7) is 0. The van der Waals surface area contributed by atoms with E-state index in [2.05, 4.69) is 24.3 Å². The predicted molar refractivity (Wildman–Crippen MR) is 170 cm³/mol. The van der Waals surface area contributed by atoms with E-state index in [0.29, 0.717) is 45.9 Å². The van der Waals surface area contributed by atoms with Gasteiger partial charge in [0.1, 0.15) is 12.2 Å². The molecule has 0 N–H and O–H groups in total. The average Bonchev–Trinajstić information content (AvgIpc) is 3.92. The minimum Gasteiger partial charge on any atom is -0.357 e. The molecule has 4 aliphatic heterocycles. The van der Waals surface area contributed by atoms with Crippen molar-refractivity contribution in [2.24, 2.45) is 0 Å². The minimum atomic E-state index is -0.0659. The molecule has 0 amide bonds. The standard InChI is InChI=1S/C36H18N8O.Zn/c1-2-8-18-17(7-1)29-37-30(18)39-32-20-10-4-6-12-22(20)34(41-32)43-36-26-16-24-23(27-13-14-28(24)45-27)15-25(26)35(44-36)42-33-21-11-5-3-9-19(21)31(38-29)40-33;/h1-16,27-28H;/q-2;+2. The molecule has 0 saturated carbocycles. The third-order valence-electron chi connectivity index (χ3n) is 8.99. The number of hydrogen-bond acceptors (Lipinski definition) is 7. The number of rotatable bonds is 0. The first-order valence-electron chi connectivity index (χ1n) is 14.8. The number of aromatic nitrogens is 8. The summed E-state index contributed by atoms with van der Waals surface area (Å²) in [6.07, 6.45) is 4.08. The van der Waals surface area contributed by atoms with Gasteiger partial charge >= 0.3 is 19.5 Å². The second kappa shape index (κ2) is 9.29. The van der Waals surface area contributed by atoms with E-state index >= 15 is 0 Å². The van der Waals surface area contributed by atoms with Crippen LogP contribution in [-0.2, 0) is 24.2 Å². The number of fused-ring (bicyclic) bond motifs is 25. The molecule has 4 aromatic carbocycles. The zero-order valence-corrected chi connectivity index (χ0v) is 27.1. The van der Waals surface area contributed by atoms with Crippen molar-refractivity contribution in [2.45, 2.75) is 12.2 Å². The predicted octanol–water partition coefficient (Wildman–Crippen LogP) is 6.81. The Morgan fingerprint density at radius 1 is 0.435 bits per heavy atom. The van der Waals surface area contributed by atoms with Crippen molar-refractivity contribution in [3.05, 3.63) is 108 Å². The fourth-order valence-electron chi connectivity index (χ4n) is 6.89. The van der Waals surface area contributed by atoms with E-state index in [0.717, 1.165) is 54.9 Å². The number of hydrogen-bond donors (Lipinski definition) is 0. The van der Waals surface area contributed by atoms with Crippen LogP contribution in [0.25, 0.3) is 89.7 Å². The van der Waals surface area contributed by atoms with E-state index in [-0.39, 0.29) is 31.7 Å². The molecule has 0 saturated heterocycles. The molecule has 10 bridgehead atoms. The van der Waals surface area contributed by atoms with Crippen LogP contribution in [0, 0.1) is 0 Å². The number of ether oxygens (including phenoxy) is 1. The maximum atomic E-state index is 6.17. The van der Waals surface area contributed by atoms with Crippen LogP contribution in [0.1, 0.15) is 23.3 Å². The molecule has 210 valence electrons. The fourth-order valence-corrected chi connectivity index (χ4v) is 6.89. The summed E-state index contributed by atoms with van der Waals surface area (Å²) in [7, 11) is 0. The Bertz CT molecular complexity index is 2500. The van der Waals surface area contributed by atoms with Crippen molar-refractivity contribution >= 4 is 44.1 Å². The Labute approximate surface area is 273 Å². The van der Waals surface area contributed by atoms with Crippen molar-refractivity contribution in [3.63, 3.8) is 0 Å². The van der Waals surface area contributed by atoms with Gasteiger partial charge in [-0.3, -0.25) is 0 Å². The van der Waals surface area contributed by atoms with E-state index in [1.54, 1.807) is 0 Å². The molecule has 0 aliphatic carbocycles. The Kier molecular flexibility index (Phi) is 5.22. The summed E-state index contributed by atoms with van der Waals surface area (Å²) in [5, 5.41) is 3.56. The van der Waals surface area contributed by atoms with E-state index in [1.807, 2.05) is 72.8 Å². The van der Waals surface area contributed by atoms with Crippen LogP contribution >= 0.6 is 0 Å². The number of nitrogens with zero attached hydrogens (tertiary/aromatic N) is 8. The van der Waals surface area contributed by atoms with Crippen molar-refractivity contribution in [2.75, 3.05) is 0 Å². The first kappa shape index (κ1) is 25.8. The van der Waals surface area contributed by atoms with Gasteiger partial charge in [-0.2, -0.15) is 0 Å². The molecule has 2 atom stereocenters. The van der Waals surface area contributed by atoms with Gasteiger partial charge in [-0.05, 0) is 44.8 Å². The van der Waals surface area contributed by atoms with Gasteiger partial charge in [0.05, 0.1) is 23.3 Å². The minimum absolute atomic E-state index is 0. The van der Waals surface area contributed by atoms with Gasteiger partial charge in [0, 0.05) is 44.8 Å². The molecular weight excluding hydrogens is 626 g/mol. The Morgan fingerprint density at radius 2 is 0.783 bits per heavy atom. The maximum Gasteiger partial charge on any atom is 2.00 e. The summed E-state index contributed by atoms with van der Waals surface area (Å²) in [5.41, 5.74) is 7.99. The quantitative estimate of drug-likeness (QED) is 0.130. The third-order valence-corrected chi connectivity index (χ3v) is 8.99. The normalized spacial score (nSPS) is 16.8. The van der Waals surface area contributed by atoms with Crippen LogP contribution in [0.2, 0.25) is 0 Å². The van der Waals surface area contributed by atoms with Crippen LogP contribution < -0.4 is 9.97 Å². The second-order valence-corrected chi connectivity index (χ2v) is 11.5. The molecule has 7 heterocycles. The molecule has 2 unspecified atom stereocenters. The van der Waals surface area contributed by atoms with E-state index in [4.69, 9.17) is 44.6 Å². The van der Waals surface area contributed by atoms with Crippen LogP contribution in [0.3, 0.4) is 0 Å². The molecule has 0 radical (unpaired) electrons. The van der Waals surface area contributed by atoms with Gasteiger partial charge in [0.2, 0.25) is 0 Å². The first-order valence-corrected chi connectivity index (χ1v) is 14.8. The molecule has 46 heavy (non-hydrogen) atoms. The SMILES string of the molecule is C1=CC2OC1c1cc3c4nc5nc(nc6[n-]c(nc7nc(nc([n-]4)c3cc12)-c1ccccc1-7)c1ccccc61)-c1ccccc1-5.[Zn+2]. The van der Waals surface area contributed by atoms with Crippen molar-refractivity contribution in [1.29, 1.82) is 0 Å². The molecular formula is C36H18N8OZn. The number of benzene rings is 4. The molecule has 11 rings (SSSR count). The second-order valence-electron chi connectivity index (χ2n) is 11.5. The topological polar surface area (TPSA) is 115 Å². The summed E-state index contributed by atoms with van der Waals surface area (Å²) in [5.74, 6) is 2.17. The van der Waals surface area contributed by atoms with E-state index in [9.17, 15) is 0 Å². The molecule has 10 heteroatoms. The summed E-state index contributed by atoms with van der Waals surface area (Å²) in [4.78, 5) is 40.0. The van der Waals surface area contributed by atoms with E-state index in [1.165, 1.54) is 0 Å².